The first kappa shape index (κ1) is 19.8. The molecule has 1 aromatic heterocycles. The Kier molecular flexibility index (Phi) is 5.04. The second-order valence-corrected chi connectivity index (χ2v) is 7.65. The molecule has 3 aromatic carbocycles. The summed E-state index contributed by atoms with van der Waals surface area (Å²) in [4.78, 5) is 9.21. The molecular weight excluding hydrogens is 396 g/mol. The predicted octanol–water partition coefficient (Wildman–Crippen LogP) is 6.84. The zero-order valence-electron chi connectivity index (χ0n) is 18.0. The van der Waals surface area contributed by atoms with Crippen molar-refractivity contribution in [2.75, 3.05) is 0 Å². The fourth-order valence-electron chi connectivity index (χ4n) is 3.83. The molecule has 0 unspecified atom stereocenters. The Balaban J connectivity index is 1.52. The number of ether oxygens (including phenoxy) is 2. The highest BCUT2D eigenvalue weighted by Crippen LogP contribution is 2.44. The minimum Gasteiger partial charge on any atom is -0.453 e. The lowest BCUT2D eigenvalue weighted by Crippen LogP contribution is -2.12. The number of nitrogens with zero attached hydrogens (tertiary/aromatic N) is 2. The molecule has 4 nitrogen and oxygen atoms in total. The summed E-state index contributed by atoms with van der Waals surface area (Å²) in [5.74, 6) is 3.24. The Hall–Kier alpha value is -4.18. The summed E-state index contributed by atoms with van der Waals surface area (Å²) in [6.45, 7) is 8.23. The minimum absolute atomic E-state index is 0.636. The Morgan fingerprint density at radius 3 is 2.41 bits per heavy atom. The van der Waals surface area contributed by atoms with Gasteiger partial charge < -0.3 is 9.47 Å². The normalized spacial score (nSPS) is 12.6. The molecule has 0 N–H and O–H groups in total. The summed E-state index contributed by atoms with van der Waals surface area (Å²) in [5, 5.41) is 0. The van der Waals surface area contributed by atoms with Crippen molar-refractivity contribution in [2.24, 2.45) is 0 Å². The molecule has 0 spiro atoms. The molecule has 0 atom stereocenters. The van der Waals surface area contributed by atoms with E-state index >= 15 is 0 Å². The van der Waals surface area contributed by atoms with Crippen molar-refractivity contribution >= 4 is 5.57 Å². The van der Waals surface area contributed by atoms with E-state index in [4.69, 9.17) is 14.5 Å². The molecule has 2 heterocycles. The Labute approximate surface area is 187 Å². The third-order valence-corrected chi connectivity index (χ3v) is 5.47. The number of hydrogen-bond donors (Lipinski definition) is 0. The van der Waals surface area contributed by atoms with Gasteiger partial charge in [0, 0.05) is 22.9 Å². The Morgan fingerprint density at radius 2 is 1.59 bits per heavy atom. The Morgan fingerprint density at radius 1 is 0.812 bits per heavy atom. The van der Waals surface area contributed by atoms with Gasteiger partial charge in [0.25, 0.3) is 0 Å². The molecular formula is C28H22N2O2. The highest BCUT2D eigenvalue weighted by atomic mass is 16.6. The smallest absolute Gasteiger partial charge is 0.179 e. The third kappa shape index (κ3) is 3.56. The van der Waals surface area contributed by atoms with Crippen LogP contribution in [0.3, 0.4) is 0 Å². The highest BCUT2D eigenvalue weighted by Gasteiger charge is 2.25. The van der Waals surface area contributed by atoms with E-state index in [0.717, 1.165) is 33.5 Å². The van der Waals surface area contributed by atoms with Crippen molar-refractivity contribution < 1.29 is 9.47 Å². The molecule has 0 fully saturated rings. The van der Waals surface area contributed by atoms with Gasteiger partial charge in [-0.25, -0.2) is 9.97 Å². The molecule has 4 aromatic rings. The van der Waals surface area contributed by atoms with E-state index < -0.39 is 0 Å². The van der Waals surface area contributed by atoms with E-state index in [-0.39, 0.29) is 0 Å². The van der Waals surface area contributed by atoms with E-state index in [2.05, 4.69) is 24.6 Å². The first-order valence-electron chi connectivity index (χ1n) is 10.5. The first-order valence-corrected chi connectivity index (χ1v) is 10.5. The number of fused-ring (bicyclic) bond motifs is 1. The van der Waals surface area contributed by atoms with Gasteiger partial charge in [-0.05, 0) is 43.2 Å². The SMILES string of the molecule is C=C(C1=C(C)Oc2c(cccc2-c2ccnc(-c3ccccc3)n2)O1)c1ccccc1C. The van der Waals surface area contributed by atoms with Crippen molar-refractivity contribution in [3.05, 3.63) is 114 Å². The standard InChI is InChI=1S/C28H22N2O2/c1-18-10-7-8-13-22(18)19(2)26-20(3)31-27-23(14-9-15-25(27)32-26)24-16-17-29-28(30-24)21-11-5-4-6-12-21/h4-17H,2H2,1,3H3. The first-order chi connectivity index (χ1) is 15.6. The fourth-order valence-corrected chi connectivity index (χ4v) is 3.83. The van der Waals surface area contributed by atoms with Gasteiger partial charge >= 0.3 is 0 Å². The van der Waals surface area contributed by atoms with Crippen LogP contribution in [0.15, 0.2) is 103 Å². The van der Waals surface area contributed by atoms with E-state index in [9.17, 15) is 0 Å². The van der Waals surface area contributed by atoms with Gasteiger partial charge in [-0.2, -0.15) is 0 Å². The zero-order chi connectivity index (χ0) is 22.1. The van der Waals surface area contributed by atoms with Gasteiger partial charge in [0.2, 0.25) is 0 Å². The highest BCUT2D eigenvalue weighted by molar-refractivity contribution is 5.80. The molecule has 5 rings (SSSR count). The molecule has 0 saturated heterocycles. The molecule has 1 aliphatic heterocycles. The second kappa shape index (κ2) is 8.16. The van der Waals surface area contributed by atoms with Crippen molar-refractivity contribution in [3.63, 3.8) is 0 Å². The summed E-state index contributed by atoms with van der Waals surface area (Å²) in [5.41, 5.74) is 5.55. The van der Waals surface area contributed by atoms with Crippen LogP contribution in [0.1, 0.15) is 18.1 Å². The maximum atomic E-state index is 6.30. The maximum Gasteiger partial charge on any atom is 0.179 e. The van der Waals surface area contributed by atoms with Gasteiger partial charge in [0.05, 0.1) is 5.69 Å². The van der Waals surface area contributed by atoms with E-state index in [0.29, 0.717) is 28.8 Å². The van der Waals surface area contributed by atoms with Crippen LogP contribution in [-0.2, 0) is 0 Å². The van der Waals surface area contributed by atoms with Crippen LogP contribution in [0.25, 0.3) is 28.2 Å². The van der Waals surface area contributed by atoms with Crippen molar-refractivity contribution in [3.8, 4) is 34.1 Å². The van der Waals surface area contributed by atoms with Crippen LogP contribution in [0.2, 0.25) is 0 Å². The van der Waals surface area contributed by atoms with Gasteiger partial charge in [0.15, 0.2) is 23.1 Å². The number of aromatic nitrogens is 2. The van der Waals surface area contributed by atoms with Crippen molar-refractivity contribution in [2.45, 2.75) is 13.8 Å². The predicted molar refractivity (Wildman–Crippen MR) is 127 cm³/mol. The van der Waals surface area contributed by atoms with Gasteiger partial charge in [0.1, 0.15) is 5.76 Å². The molecule has 156 valence electrons. The van der Waals surface area contributed by atoms with Crippen LogP contribution in [0, 0.1) is 6.92 Å². The lowest BCUT2D eigenvalue weighted by atomic mass is 9.99. The second-order valence-electron chi connectivity index (χ2n) is 7.65. The average molecular weight is 418 g/mol. The number of aryl methyl sites for hydroxylation is 1. The summed E-state index contributed by atoms with van der Waals surface area (Å²) in [7, 11) is 0. The quantitative estimate of drug-likeness (QED) is 0.364. The number of hydrogen-bond acceptors (Lipinski definition) is 4. The van der Waals surface area contributed by atoms with Crippen LogP contribution in [0.4, 0.5) is 0 Å². The van der Waals surface area contributed by atoms with Gasteiger partial charge in [-0.3, -0.25) is 0 Å². The molecule has 0 amide bonds. The summed E-state index contributed by atoms with van der Waals surface area (Å²) < 4.78 is 12.6. The van der Waals surface area contributed by atoms with Crippen LogP contribution in [-0.4, -0.2) is 9.97 Å². The van der Waals surface area contributed by atoms with Crippen LogP contribution in [0.5, 0.6) is 11.5 Å². The zero-order valence-corrected chi connectivity index (χ0v) is 18.0. The number of para-hydroxylation sites is 1. The monoisotopic (exact) mass is 418 g/mol. The lowest BCUT2D eigenvalue weighted by Gasteiger charge is -2.25. The summed E-state index contributed by atoms with van der Waals surface area (Å²) in [6.07, 6.45) is 1.77. The fraction of sp³-hybridized carbons (Fsp3) is 0.0714. The van der Waals surface area contributed by atoms with E-state index in [1.165, 1.54) is 0 Å². The topological polar surface area (TPSA) is 44.2 Å². The lowest BCUT2D eigenvalue weighted by molar-refractivity contribution is 0.310. The van der Waals surface area contributed by atoms with Crippen LogP contribution < -0.4 is 9.47 Å². The third-order valence-electron chi connectivity index (χ3n) is 5.47. The van der Waals surface area contributed by atoms with E-state index in [1.807, 2.05) is 79.7 Å². The average Bonchev–Trinajstić information content (AvgIpc) is 2.84. The molecule has 0 aliphatic carbocycles. The number of rotatable bonds is 4. The number of allylic oxidation sites excluding steroid dienone is 2. The summed E-state index contributed by atoms with van der Waals surface area (Å²) in [6, 6.07) is 25.7. The largest absolute Gasteiger partial charge is 0.453 e. The summed E-state index contributed by atoms with van der Waals surface area (Å²) >= 11 is 0. The van der Waals surface area contributed by atoms with Crippen molar-refractivity contribution in [1.29, 1.82) is 0 Å². The molecule has 0 radical (unpaired) electrons. The molecule has 32 heavy (non-hydrogen) atoms. The number of benzene rings is 3. The Bertz CT molecular complexity index is 1360. The van der Waals surface area contributed by atoms with Crippen molar-refractivity contribution in [1.82, 2.24) is 9.97 Å². The maximum absolute atomic E-state index is 6.30. The van der Waals surface area contributed by atoms with Crippen LogP contribution >= 0.6 is 0 Å². The molecule has 0 saturated carbocycles. The van der Waals surface area contributed by atoms with E-state index in [1.54, 1.807) is 6.20 Å². The molecule has 1 aliphatic rings. The van der Waals surface area contributed by atoms with Gasteiger partial charge in [-0.1, -0.05) is 67.2 Å². The minimum atomic E-state index is 0.636. The van der Waals surface area contributed by atoms with Gasteiger partial charge in [-0.15, -0.1) is 0 Å². The molecule has 0 bridgehead atoms. The molecule has 4 heteroatoms.